The average molecular weight is 260 g/mol. The summed E-state index contributed by atoms with van der Waals surface area (Å²) in [6.07, 6.45) is 1.07. The highest BCUT2D eigenvalue weighted by atomic mass is 16.5. The first kappa shape index (κ1) is 13.7. The zero-order valence-electron chi connectivity index (χ0n) is 11.9. The maximum atomic E-state index is 5.25. The van der Waals surface area contributed by atoms with E-state index in [-0.39, 0.29) is 0 Å². The second-order valence-corrected chi connectivity index (χ2v) is 4.84. The Labute approximate surface area is 113 Å². The largest absolute Gasteiger partial charge is 0.338 e. The van der Waals surface area contributed by atoms with Crippen molar-refractivity contribution in [3.63, 3.8) is 0 Å². The third-order valence-electron chi connectivity index (χ3n) is 3.02. The highest BCUT2D eigenvalue weighted by Gasteiger charge is 2.10. The van der Waals surface area contributed by atoms with E-state index in [9.17, 15) is 0 Å². The molecule has 2 aromatic rings. The van der Waals surface area contributed by atoms with Crippen LogP contribution >= 0.6 is 0 Å². The average Bonchev–Trinajstić information content (AvgIpc) is 2.83. The molecule has 5 nitrogen and oxygen atoms in total. The molecular formula is C14H20N4O. The van der Waals surface area contributed by atoms with Gasteiger partial charge in [-0.1, -0.05) is 12.1 Å². The van der Waals surface area contributed by atoms with Crippen LogP contribution in [0, 0.1) is 13.8 Å². The zero-order chi connectivity index (χ0) is 13.8. The minimum absolute atomic E-state index is 0.445. The molecule has 0 aliphatic heterocycles. The number of aromatic nitrogens is 3. The van der Waals surface area contributed by atoms with Gasteiger partial charge in [-0.2, -0.15) is 4.98 Å². The molecule has 1 N–H and O–H groups in total. The summed E-state index contributed by atoms with van der Waals surface area (Å²) >= 11 is 0. The van der Waals surface area contributed by atoms with Crippen molar-refractivity contribution < 1.29 is 4.52 Å². The normalized spacial score (nSPS) is 12.6. The molecule has 0 aliphatic carbocycles. The van der Waals surface area contributed by atoms with Gasteiger partial charge in [0.25, 0.3) is 0 Å². The minimum Gasteiger partial charge on any atom is -0.338 e. The molecule has 0 saturated carbocycles. The number of nitrogens with zero attached hydrogens (tertiary/aromatic N) is 3. The summed E-state index contributed by atoms with van der Waals surface area (Å²) in [5, 5.41) is 7.35. The van der Waals surface area contributed by atoms with Crippen molar-refractivity contribution in [2.45, 2.75) is 46.7 Å². The lowest BCUT2D eigenvalue weighted by Gasteiger charge is -2.07. The lowest BCUT2D eigenvalue weighted by Crippen LogP contribution is -2.24. The molecule has 2 rings (SSSR count). The van der Waals surface area contributed by atoms with Gasteiger partial charge < -0.3 is 9.84 Å². The summed E-state index contributed by atoms with van der Waals surface area (Å²) < 4.78 is 5.25. The fourth-order valence-electron chi connectivity index (χ4n) is 1.81. The summed E-state index contributed by atoms with van der Waals surface area (Å²) in [4.78, 5) is 8.74. The van der Waals surface area contributed by atoms with E-state index < -0.39 is 0 Å². The van der Waals surface area contributed by atoms with Crippen LogP contribution in [0.15, 0.2) is 16.7 Å². The van der Waals surface area contributed by atoms with E-state index in [1.165, 1.54) is 0 Å². The van der Waals surface area contributed by atoms with Crippen LogP contribution in [0.5, 0.6) is 0 Å². The number of hydrogen-bond donors (Lipinski definition) is 1. The van der Waals surface area contributed by atoms with E-state index in [2.05, 4.69) is 34.3 Å². The van der Waals surface area contributed by atoms with Crippen LogP contribution < -0.4 is 5.32 Å². The van der Waals surface area contributed by atoms with Gasteiger partial charge >= 0.3 is 0 Å². The van der Waals surface area contributed by atoms with E-state index in [4.69, 9.17) is 4.52 Å². The molecule has 102 valence electrons. The Balaban J connectivity index is 2.12. The SMILES string of the molecule is CCC(C)NCc1nc(-c2cc(C)nc(C)c2)no1. The third kappa shape index (κ3) is 3.61. The van der Waals surface area contributed by atoms with Gasteiger partial charge in [0, 0.05) is 23.0 Å². The predicted molar refractivity (Wildman–Crippen MR) is 73.6 cm³/mol. The summed E-state index contributed by atoms with van der Waals surface area (Å²) in [5.74, 6) is 1.23. The molecule has 0 fully saturated rings. The number of nitrogens with one attached hydrogen (secondary N) is 1. The Bertz CT molecular complexity index is 530. The van der Waals surface area contributed by atoms with Crippen molar-refractivity contribution in [3.8, 4) is 11.4 Å². The summed E-state index contributed by atoms with van der Waals surface area (Å²) in [6, 6.07) is 4.37. The van der Waals surface area contributed by atoms with E-state index in [0.717, 1.165) is 23.4 Å². The topological polar surface area (TPSA) is 63.8 Å². The van der Waals surface area contributed by atoms with E-state index in [1.54, 1.807) is 0 Å². The van der Waals surface area contributed by atoms with Gasteiger partial charge in [-0.25, -0.2) is 0 Å². The third-order valence-corrected chi connectivity index (χ3v) is 3.02. The van der Waals surface area contributed by atoms with Gasteiger partial charge in [-0.15, -0.1) is 0 Å². The Hall–Kier alpha value is -1.75. The first-order chi connectivity index (χ1) is 9.08. The molecule has 0 saturated heterocycles. The standard InChI is InChI=1S/C14H20N4O/c1-5-9(2)15-8-13-17-14(18-19-13)12-6-10(3)16-11(4)7-12/h6-7,9,15H,5,8H2,1-4H3. The quantitative estimate of drug-likeness (QED) is 0.895. The van der Waals surface area contributed by atoms with E-state index >= 15 is 0 Å². The molecule has 0 radical (unpaired) electrons. The van der Waals surface area contributed by atoms with Crippen LogP contribution in [0.2, 0.25) is 0 Å². The van der Waals surface area contributed by atoms with Gasteiger partial charge in [0.05, 0.1) is 6.54 Å². The molecule has 0 bridgehead atoms. The molecule has 2 heterocycles. The highest BCUT2D eigenvalue weighted by Crippen LogP contribution is 2.17. The Kier molecular flexibility index (Phi) is 4.27. The number of hydrogen-bond acceptors (Lipinski definition) is 5. The van der Waals surface area contributed by atoms with Gasteiger partial charge in [0.1, 0.15) is 0 Å². The molecule has 0 aliphatic rings. The second-order valence-electron chi connectivity index (χ2n) is 4.84. The summed E-state index contributed by atoms with van der Waals surface area (Å²) in [5.41, 5.74) is 2.86. The first-order valence-electron chi connectivity index (χ1n) is 6.60. The smallest absolute Gasteiger partial charge is 0.240 e. The van der Waals surface area contributed by atoms with Crippen LogP contribution in [-0.2, 0) is 6.54 Å². The monoisotopic (exact) mass is 260 g/mol. The fraction of sp³-hybridized carbons (Fsp3) is 0.500. The van der Waals surface area contributed by atoms with E-state index in [0.29, 0.717) is 24.3 Å². The Morgan fingerprint density at radius 1 is 1.21 bits per heavy atom. The summed E-state index contributed by atoms with van der Waals surface area (Å²) in [6.45, 7) is 8.79. The van der Waals surface area contributed by atoms with Gasteiger partial charge in [-0.05, 0) is 39.3 Å². The van der Waals surface area contributed by atoms with Crippen LogP contribution in [0.1, 0.15) is 37.5 Å². The summed E-state index contributed by atoms with van der Waals surface area (Å²) in [7, 11) is 0. The van der Waals surface area contributed by atoms with Crippen molar-refractivity contribution in [1.29, 1.82) is 0 Å². The van der Waals surface area contributed by atoms with Crippen molar-refractivity contribution in [3.05, 3.63) is 29.4 Å². The fourth-order valence-corrected chi connectivity index (χ4v) is 1.81. The van der Waals surface area contributed by atoms with Crippen LogP contribution in [0.3, 0.4) is 0 Å². The van der Waals surface area contributed by atoms with Crippen LogP contribution in [-0.4, -0.2) is 21.2 Å². The van der Waals surface area contributed by atoms with Crippen molar-refractivity contribution in [2.75, 3.05) is 0 Å². The number of rotatable bonds is 5. The van der Waals surface area contributed by atoms with Gasteiger partial charge in [0.2, 0.25) is 11.7 Å². The minimum atomic E-state index is 0.445. The Morgan fingerprint density at radius 2 is 1.89 bits per heavy atom. The van der Waals surface area contributed by atoms with Gasteiger partial charge in [-0.3, -0.25) is 4.98 Å². The predicted octanol–water partition coefficient (Wildman–Crippen LogP) is 2.64. The zero-order valence-corrected chi connectivity index (χ0v) is 11.9. The molecule has 19 heavy (non-hydrogen) atoms. The molecule has 0 spiro atoms. The van der Waals surface area contributed by atoms with Crippen molar-refractivity contribution in [1.82, 2.24) is 20.4 Å². The molecule has 1 atom stereocenters. The van der Waals surface area contributed by atoms with Crippen LogP contribution in [0.4, 0.5) is 0 Å². The molecular weight excluding hydrogens is 240 g/mol. The maximum absolute atomic E-state index is 5.25. The van der Waals surface area contributed by atoms with E-state index in [1.807, 2.05) is 26.0 Å². The second kappa shape index (κ2) is 5.93. The number of pyridine rings is 1. The lowest BCUT2D eigenvalue weighted by atomic mass is 10.2. The molecule has 0 aromatic carbocycles. The van der Waals surface area contributed by atoms with Gasteiger partial charge in [0.15, 0.2) is 0 Å². The van der Waals surface area contributed by atoms with Crippen molar-refractivity contribution >= 4 is 0 Å². The number of aryl methyl sites for hydroxylation is 2. The van der Waals surface area contributed by atoms with Crippen LogP contribution in [0.25, 0.3) is 11.4 Å². The maximum Gasteiger partial charge on any atom is 0.240 e. The molecule has 2 aromatic heterocycles. The van der Waals surface area contributed by atoms with Crippen molar-refractivity contribution in [2.24, 2.45) is 0 Å². The Morgan fingerprint density at radius 3 is 2.53 bits per heavy atom. The lowest BCUT2D eigenvalue weighted by molar-refractivity contribution is 0.358. The molecule has 5 heteroatoms. The highest BCUT2D eigenvalue weighted by molar-refractivity contribution is 5.55. The molecule has 0 amide bonds. The molecule has 1 unspecified atom stereocenters. The first-order valence-corrected chi connectivity index (χ1v) is 6.60.